The molecule has 11 heteroatoms. The Labute approximate surface area is 208 Å². The zero-order chi connectivity index (χ0) is 25.4. The minimum atomic E-state index is -0.526. The summed E-state index contributed by atoms with van der Waals surface area (Å²) >= 11 is 0. The summed E-state index contributed by atoms with van der Waals surface area (Å²) in [6, 6.07) is 5.17. The fourth-order valence-corrected chi connectivity index (χ4v) is 4.99. The summed E-state index contributed by atoms with van der Waals surface area (Å²) < 4.78 is 8.97. The van der Waals surface area contributed by atoms with Gasteiger partial charge in [-0.05, 0) is 57.6 Å². The first-order chi connectivity index (χ1) is 17.3. The highest BCUT2D eigenvalue weighted by Gasteiger charge is 2.33. The molecule has 3 aromatic heterocycles. The van der Waals surface area contributed by atoms with Crippen molar-refractivity contribution in [2.45, 2.75) is 69.2 Å². The number of rotatable bonds is 7. The molecular weight excluding hydrogens is 462 g/mol. The molecule has 0 spiro atoms. The topological polar surface area (TPSA) is 135 Å². The van der Waals surface area contributed by atoms with Crippen LogP contribution in [0.15, 0.2) is 35.4 Å². The molecule has 2 aliphatic carbocycles. The summed E-state index contributed by atoms with van der Waals surface area (Å²) in [5.41, 5.74) is 0.785. The molecule has 0 radical (unpaired) electrons. The van der Waals surface area contributed by atoms with Crippen molar-refractivity contribution in [1.29, 1.82) is 0 Å². The number of hydrogen-bond donors (Lipinski definition) is 4. The molecule has 0 unspecified atom stereocenters. The van der Waals surface area contributed by atoms with Crippen molar-refractivity contribution in [3.63, 3.8) is 0 Å². The number of fused-ring (bicyclic) bond motifs is 1. The number of nitrogens with one attached hydrogen (secondary N) is 3. The second-order valence-corrected chi connectivity index (χ2v) is 9.94. The molecule has 0 aromatic carbocycles. The molecule has 0 saturated heterocycles. The Balaban J connectivity index is 1.42. The monoisotopic (exact) mass is 495 g/mol. The molecule has 0 bridgehead atoms. The van der Waals surface area contributed by atoms with Gasteiger partial charge >= 0.3 is 0 Å². The van der Waals surface area contributed by atoms with Gasteiger partial charge < -0.3 is 30.4 Å². The number of nitrogens with zero attached hydrogens (tertiary/aromatic N) is 4. The SMILES string of the molecule is CNc1cc(Nc2cccn([C@H]3CC[C@](C)(OC)CC3)c2=O)nc2c(C(=O)N[C@H]3CC[C@H]3O)cnn12. The molecule has 2 fully saturated rings. The Morgan fingerprint density at radius 2 is 2.03 bits per heavy atom. The highest BCUT2D eigenvalue weighted by molar-refractivity contribution is 6.00. The van der Waals surface area contributed by atoms with Crippen LogP contribution in [0, 0.1) is 0 Å². The number of aromatic nitrogens is 4. The zero-order valence-electron chi connectivity index (χ0n) is 20.8. The van der Waals surface area contributed by atoms with Crippen LogP contribution in [0.5, 0.6) is 0 Å². The number of methoxy groups -OCH3 is 1. The minimum Gasteiger partial charge on any atom is -0.391 e. The van der Waals surface area contributed by atoms with Crippen LogP contribution in [0.25, 0.3) is 5.65 Å². The predicted octanol–water partition coefficient (Wildman–Crippen LogP) is 2.45. The molecule has 2 saturated carbocycles. The minimum absolute atomic E-state index is 0.109. The number of ether oxygens (including phenoxy) is 1. The van der Waals surface area contributed by atoms with Crippen LogP contribution in [0.3, 0.4) is 0 Å². The van der Waals surface area contributed by atoms with Crippen LogP contribution >= 0.6 is 0 Å². The highest BCUT2D eigenvalue weighted by atomic mass is 16.5. The second kappa shape index (κ2) is 9.55. The van der Waals surface area contributed by atoms with Crippen molar-refractivity contribution in [1.82, 2.24) is 24.5 Å². The van der Waals surface area contributed by atoms with Gasteiger partial charge in [-0.15, -0.1) is 0 Å². The molecule has 2 atom stereocenters. The van der Waals surface area contributed by atoms with Gasteiger partial charge in [0, 0.05) is 32.5 Å². The van der Waals surface area contributed by atoms with Gasteiger partial charge in [0.25, 0.3) is 11.5 Å². The number of aliphatic hydroxyl groups is 1. The standard InChI is InChI=1S/C25H33N7O4/c1-25(36-3)10-8-15(9-11-25)31-12-4-5-18(24(31)35)28-20-13-21(26-2)32-22(30-20)16(14-27-32)23(34)29-17-6-7-19(17)33/h4-5,12-15,17,19,26,33H,6-11H2,1-3H3,(H,28,30)(H,29,34)/t15-,17-,19+,25-/m0/s1. The highest BCUT2D eigenvalue weighted by Crippen LogP contribution is 2.36. The van der Waals surface area contributed by atoms with Gasteiger partial charge in [0.15, 0.2) is 5.65 Å². The maximum Gasteiger partial charge on any atom is 0.274 e. The van der Waals surface area contributed by atoms with Crippen LogP contribution < -0.4 is 21.5 Å². The van der Waals surface area contributed by atoms with E-state index in [2.05, 4.69) is 33.0 Å². The van der Waals surface area contributed by atoms with Gasteiger partial charge in [-0.25, -0.2) is 4.98 Å². The van der Waals surface area contributed by atoms with Crippen LogP contribution in [-0.4, -0.2) is 62.1 Å². The van der Waals surface area contributed by atoms with E-state index in [4.69, 9.17) is 4.74 Å². The summed E-state index contributed by atoms with van der Waals surface area (Å²) in [6.07, 6.45) is 7.70. The Bertz CT molecular complexity index is 1330. The second-order valence-electron chi connectivity index (χ2n) is 9.94. The molecule has 4 N–H and O–H groups in total. The van der Waals surface area contributed by atoms with Gasteiger partial charge in [-0.3, -0.25) is 9.59 Å². The van der Waals surface area contributed by atoms with Gasteiger partial charge in [0.1, 0.15) is 22.9 Å². The molecule has 11 nitrogen and oxygen atoms in total. The van der Waals surface area contributed by atoms with E-state index in [0.29, 0.717) is 35.0 Å². The third-order valence-electron chi connectivity index (χ3n) is 7.66. The van der Waals surface area contributed by atoms with E-state index in [1.165, 1.54) is 10.7 Å². The molecule has 1 amide bonds. The molecule has 5 rings (SSSR count). The molecule has 36 heavy (non-hydrogen) atoms. The molecule has 3 heterocycles. The van der Waals surface area contributed by atoms with E-state index in [1.807, 2.05) is 12.3 Å². The lowest BCUT2D eigenvalue weighted by Crippen LogP contribution is -2.50. The lowest BCUT2D eigenvalue weighted by Gasteiger charge is -2.36. The Kier molecular flexibility index (Phi) is 6.44. The van der Waals surface area contributed by atoms with Crippen molar-refractivity contribution in [3.8, 4) is 0 Å². The maximum atomic E-state index is 13.4. The Hall–Kier alpha value is -3.44. The van der Waals surface area contributed by atoms with Crippen LogP contribution in [-0.2, 0) is 4.74 Å². The summed E-state index contributed by atoms with van der Waals surface area (Å²) in [5.74, 6) is 0.672. The van der Waals surface area contributed by atoms with Crippen molar-refractivity contribution >= 4 is 28.9 Å². The van der Waals surface area contributed by atoms with E-state index in [-0.39, 0.29) is 29.2 Å². The van der Waals surface area contributed by atoms with Gasteiger partial charge in [-0.2, -0.15) is 9.61 Å². The van der Waals surface area contributed by atoms with Crippen LogP contribution in [0.2, 0.25) is 0 Å². The van der Waals surface area contributed by atoms with Crippen LogP contribution in [0.4, 0.5) is 17.3 Å². The number of anilines is 3. The number of pyridine rings is 1. The molecular formula is C25H33N7O4. The molecule has 0 aliphatic heterocycles. The normalized spacial score (nSPS) is 25.8. The summed E-state index contributed by atoms with van der Waals surface area (Å²) in [5, 5.41) is 23.2. The number of carbonyl (C=O) groups excluding carboxylic acids is 1. The summed E-state index contributed by atoms with van der Waals surface area (Å²) in [7, 11) is 3.49. The number of aliphatic hydroxyl groups excluding tert-OH is 1. The van der Waals surface area contributed by atoms with Crippen molar-refractivity contribution in [3.05, 3.63) is 46.5 Å². The average molecular weight is 496 g/mol. The largest absolute Gasteiger partial charge is 0.391 e. The van der Waals surface area contributed by atoms with Gasteiger partial charge in [0.2, 0.25) is 0 Å². The Morgan fingerprint density at radius 1 is 1.25 bits per heavy atom. The molecule has 192 valence electrons. The van der Waals surface area contributed by atoms with E-state index in [0.717, 1.165) is 32.1 Å². The van der Waals surface area contributed by atoms with E-state index >= 15 is 0 Å². The lowest BCUT2D eigenvalue weighted by atomic mass is 9.83. The van der Waals surface area contributed by atoms with Crippen molar-refractivity contribution in [2.75, 3.05) is 24.8 Å². The summed E-state index contributed by atoms with van der Waals surface area (Å²) in [4.78, 5) is 30.8. The van der Waals surface area contributed by atoms with E-state index < -0.39 is 6.10 Å². The first kappa shape index (κ1) is 24.3. The number of carbonyl (C=O) groups is 1. The lowest BCUT2D eigenvalue weighted by molar-refractivity contribution is -0.0324. The quantitative estimate of drug-likeness (QED) is 0.393. The fourth-order valence-electron chi connectivity index (χ4n) is 4.99. The van der Waals surface area contributed by atoms with Gasteiger partial charge in [-0.1, -0.05) is 0 Å². The predicted molar refractivity (Wildman–Crippen MR) is 136 cm³/mol. The molecule has 2 aliphatic rings. The van der Waals surface area contributed by atoms with Crippen molar-refractivity contribution < 1.29 is 14.6 Å². The fraction of sp³-hybridized carbons (Fsp3) is 0.520. The van der Waals surface area contributed by atoms with E-state index in [9.17, 15) is 14.7 Å². The van der Waals surface area contributed by atoms with E-state index in [1.54, 1.807) is 30.9 Å². The number of hydrogen-bond acceptors (Lipinski definition) is 8. The van der Waals surface area contributed by atoms with Crippen molar-refractivity contribution in [2.24, 2.45) is 0 Å². The zero-order valence-corrected chi connectivity index (χ0v) is 20.8. The number of amides is 1. The molecule has 3 aromatic rings. The summed E-state index contributed by atoms with van der Waals surface area (Å²) in [6.45, 7) is 2.12. The Morgan fingerprint density at radius 3 is 2.67 bits per heavy atom. The third-order valence-corrected chi connectivity index (χ3v) is 7.66. The third kappa shape index (κ3) is 4.44. The van der Waals surface area contributed by atoms with Gasteiger partial charge in [0.05, 0.1) is 23.9 Å². The maximum absolute atomic E-state index is 13.4. The first-order valence-electron chi connectivity index (χ1n) is 12.4. The first-order valence-corrected chi connectivity index (χ1v) is 12.4. The average Bonchev–Trinajstić information content (AvgIpc) is 3.32. The van der Waals surface area contributed by atoms with Crippen LogP contribution in [0.1, 0.15) is 61.8 Å². The smallest absolute Gasteiger partial charge is 0.274 e.